The summed E-state index contributed by atoms with van der Waals surface area (Å²) in [6.07, 6.45) is 4.14. The summed E-state index contributed by atoms with van der Waals surface area (Å²) in [6.45, 7) is 0.522. The molecule has 0 unspecified atom stereocenters. The van der Waals surface area contributed by atoms with Gasteiger partial charge in [0.1, 0.15) is 0 Å². The summed E-state index contributed by atoms with van der Waals surface area (Å²) >= 11 is 5.46. The number of alkyl halides is 1. The second kappa shape index (κ2) is 7.04. The van der Waals surface area contributed by atoms with Crippen LogP contribution >= 0.6 is 11.6 Å². The second-order valence-electron chi connectivity index (χ2n) is 3.25. The zero-order valence-corrected chi connectivity index (χ0v) is 9.70. The van der Waals surface area contributed by atoms with Crippen LogP contribution in [0.3, 0.4) is 0 Å². The Kier molecular flexibility index (Phi) is 5.61. The van der Waals surface area contributed by atoms with Gasteiger partial charge in [-0.2, -0.15) is 0 Å². The van der Waals surface area contributed by atoms with E-state index in [0.29, 0.717) is 18.8 Å². The number of benzene rings is 1. The zero-order valence-electron chi connectivity index (χ0n) is 8.95. The number of nitrogens with one attached hydrogen (secondary N) is 1. The van der Waals surface area contributed by atoms with Crippen LogP contribution in [0.15, 0.2) is 30.3 Å². The molecule has 1 aromatic carbocycles. The first-order chi connectivity index (χ1) is 7.76. The molecule has 0 saturated heterocycles. The van der Waals surface area contributed by atoms with Crippen LogP contribution in [0.4, 0.5) is 5.69 Å². The van der Waals surface area contributed by atoms with Crippen LogP contribution in [0.25, 0.3) is 6.08 Å². The lowest BCUT2D eigenvalue weighted by Gasteiger charge is -2.03. The lowest BCUT2D eigenvalue weighted by Crippen LogP contribution is -2.11. The number of carbonyl (C=O) groups excluding carboxylic acids is 1. The molecule has 1 aromatic rings. The molecule has 0 saturated carbocycles. The third-order valence-corrected chi connectivity index (χ3v) is 2.15. The summed E-state index contributed by atoms with van der Waals surface area (Å²) in [6, 6.07) is 7.54. The Balaban J connectivity index is 2.57. The molecule has 86 valence electrons. The molecule has 1 amide bonds. The van der Waals surface area contributed by atoms with E-state index in [1.807, 2.05) is 36.4 Å². The molecule has 0 spiro atoms. The van der Waals surface area contributed by atoms with Gasteiger partial charge in [0.15, 0.2) is 0 Å². The van der Waals surface area contributed by atoms with Crippen LogP contribution in [0, 0.1) is 0 Å². The Morgan fingerprint density at radius 3 is 2.62 bits per heavy atom. The lowest BCUT2D eigenvalue weighted by molar-refractivity contribution is -0.115. The molecular formula is C12H15ClN2O. The highest BCUT2D eigenvalue weighted by Crippen LogP contribution is 2.11. The van der Waals surface area contributed by atoms with Crippen molar-refractivity contribution < 1.29 is 4.79 Å². The topological polar surface area (TPSA) is 55.1 Å². The number of hydrogen-bond donors (Lipinski definition) is 2. The number of anilines is 1. The van der Waals surface area contributed by atoms with E-state index >= 15 is 0 Å². The highest BCUT2D eigenvalue weighted by molar-refractivity contribution is 6.19. The normalized spacial score (nSPS) is 10.6. The van der Waals surface area contributed by atoms with E-state index in [2.05, 4.69) is 5.32 Å². The quantitative estimate of drug-likeness (QED) is 0.773. The smallest absolute Gasteiger partial charge is 0.225 e. The maximum absolute atomic E-state index is 11.2. The van der Waals surface area contributed by atoms with E-state index in [9.17, 15) is 4.79 Å². The number of nitrogens with two attached hydrogens (primary N) is 1. The van der Waals surface area contributed by atoms with E-state index in [4.69, 9.17) is 17.3 Å². The first-order valence-corrected chi connectivity index (χ1v) is 5.62. The van der Waals surface area contributed by atoms with Crippen LogP contribution in [0.2, 0.25) is 0 Å². The Bertz CT molecular complexity index is 360. The first kappa shape index (κ1) is 12.7. The van der Waals surface area contributed by atoms with Gasteiger partial charge in [0.25, 0.3) is 0 Å². The summed E-state index contributed by atoms with van der Waals surface area (Å²) in [5.74, 6) is 0.267. The van der Waals surface area contributed by atoms with Gasteiger partial charge in [-0.15, -0.1) is 11.6 Å². The summed E-state index contributed by atoms with van der Waals surface area (Å²) < 4.78 is 0. The number of carbonyl (C=O) groups is 1. The lowest BCUT2D eigenvalue weighted by atomic mass is 10.2. The fraction of sp³-hybridized carbons (Fsp3) is 0.250. The fourth-order valence-corrected chi connectivity index (χ4v) is 1.36. The minimum Gasteiger partial charge on any atom is -0.327 e. The summed E-state index contributed by atoms with van der Waals surface area (Å²) in [4.78, 5) is 11.2. The molecule has 1 rings (SSSR count). The number of rotatable bonds is 5. The van der Waals surface area contributed by atoms with Crippen molar-refractivity contribution in [2.45, 2.75) is 6.42 Å². The van der Waals surface area contributed by atoms with Crippen LogP contribution in [-0.4, -0.2) is 18.3 Å². The molecule has 3 N–H and O–H groups in total. The van der Waals surface area contributed by atoms with Crippen molar-refractivity contribution in [2.24, 2.45) is 5.73 Å². The average molecular weight is 239 g/mol. The van der Waals surface area contributed by atoms with E-state index in [1.165, 1.54) is 0 Å². The van der Waals surface area contributed by atoms with Crippen molar-refractivity contribution in [2.75, 3.05) is 17.7 Å². The van der Waals surface area contributed by atoms with Crippen molar-refractivity contribution in [3.05, 3.63) is 35.9 Å². The van der Waals surface area contributed by atoms with E-state index in [0.717, 1.165) is 11.3 Å². The van der Waals surface area contributed by atoms with Gasteiger partial charge in [0, 0.05) is 24.5 Å². The second-order valence-corrected chi connectivity index (χ2v) is 3.63. The standard InChI is InChI=1S/C12H15ClN2O/c13-8-7-12(16)15-11-5-3-10(4-6-11)2-1-9-14/h1-6H,7-9,14H2,(H,15,16). The molecule has 0 aliphatic carbocycles. The fourth-order valence-electron chi connectivity index (χ4n) is 1.19. The highest BCUT2D eigenvalue weighted by atomic mass is 35.5. The van der Waals surface area contributed by atoms with Gasteiger partial charge in [-0.1, -0.05) is 24.3 Å². The Labute approximate surface area is 100 Å². The van der Waals surface area contributed by atoms with Crippen molar-refractivity contribution in [3.63, 3.8) is 0 Å². The summed E-state index contributed by atoms with van der Waals surface area (Å²) in [7, 11) is 0. The van der Waals surface area contributed by atoms with Gasteiger partial charge in [0.05, 0.1) is 0 Å². The molecule has 0 aromatic heterocycles. The Hall–Kier alpha value is -1.32. The molecule has 0 radical (unpaired) electrons. The summed E-state index contributed by atoms with van der Waals surface area (Å²) in [5.41, 5.74) is 7.18. The molecule has 3 nitrogen and oxygen atoms in total. The van der Waals surface area contributed by atoms with Crippen molar-refractivity contribution >= 4 is 29.3 Å². The molecular weight excluding hydrogens is 224 g/mol. The third-order valence-electron chi connectivity index (χ3n) is 1.96. The molecule has 0 bridgehead atoms. The third kappa shape index (κ3) is 4.47. The predicted octanol–water partition coefficient (Wildman–Crippen LogP) is 2.23. The molecule has 16 heavy (non-hydrogen) atoms. The van der Waals surface area contributed by atoms with Crippen LogP contribution < -0.4 is 11.1 Å². The number of halogens is 1. The van der Waals surface area contributed by atoms with Crippen LogP contribution in [0.5, 0.6) is 0 Å². The number of amides is 1. The Morgan fingerprint density at radius 1 is 1.38 bits per heavy atom. The molecule has 0 atom stereocenters. The minimum absolute atomic E-state index is 0.0692. The van der Waals surface area contributed by atoms with Gasteiger partial charge in [-0.3, -0.25) is 4.79 Å². The number of hydrogen-bond acceptors (Lipinski definition) is 2. The van der Waals surface area contributed by atoms with Gasteiger partial charge in [-0.25, -0.2) is 0 Å². The highest BCUT2D eigenvalue weighted by Gasteiger charge is 2.00. The molecule has 0 heterocycles. The molecule has 0 aliphatic heterocycles. The molecule has 0 aliphatic rings. The maximum Gasteiger partial charge on any atom is 0.225 e. The van der Waals surface area contributed by atoms with Crippen molar-refractivity contribution in [3.8, 4) is 0 Å². The van der Waals surface area contributed by atoms with Crippen molar-refractivity contribution in [1.29, 1.82) is 0 Å². The van der Waals surface area contributed by atoms with E-state index in [1.54, 1.807) is 0 Å². The van der Waals surface area contributed by atoms with E-state index < -0.39 is 0 Å². The largest absolute Gasteiger partial charge is 0.327 e. The minimum atomic E-state index is -0.0692. The average Bonchev–Trinajstić information content (AvgIpc) is 2.28. The molecule has 4 heteroatoms. The first-order valence-electron chi connectivity index (χ1n) is 5.08. The van der Waals surface area contributed by atoms with Crippen molar-refractivity contribution in [1.82, 2.24) is 0 Å². The van der Waals surface area contributed by atoms with Crippen LogP contribution in [-0.2, 0) is 4.79 Å². The predicted molar refractivity (Wildman–Crippen MR) is 68.5 cm³/mol. The van der Waals surface area contributed by atoms with E-state index in [-0.39, 0.29) is 5.91 Å². The van der Waals surface area contributed by atoms with Crippen LogP contribution in [0.1, 0.15) is 12.0 Å². The molecule has 0 fully saturated rings. The summed E-state index contributed by atoms with van der Waals surface area (Å²) in [5, 5.41) is 2.75. The van der Waals surface area contributed by atoms with Gasteiger partial charge >= 0.3 is 0 Å². The zero-order chi connectivity index (χ0) is 11.8. The Morgan fingerprint density at radius 2 is 2.06 bits per heavy atom. The monoisotopic (exact) mass is 238 g/mol. The van der Waals surface area contributed by atoms with Gasteiger partial charge in [-0.05, 0) is 17.7 Å². The van der Waals surface area contributed by atoms with Gasteiger partial charge in [0.2, 0.25) is 5.91 Å². The van der Waals surface area contributed by atoms with Gasteiger partial charge < -0.3 is 11.1 Å². The maximum atomic E-state index is 11.2. The SMILES string of the molecule is NCC=Cc1ccc(NC(=O)CCCl)cc1.